The molecule has 0 atom stereocenters. The van der Waals surface area contributed by atoms with E-state index in [9.17, 15) is 0 Å². The molecule has 0 unspecified atom stereocenters. The number of fused-ring (bicyclic) bond motifs is 5. The first kappa shape index (κ1) is 24.1. The Hall–Kier alpha value is -5.52. The number of aromatic nitrogens is 2. The number of rotatable bonds is 4. The van der Waals surface area contributed by atoms with Crippen LogP contribution >= 0.6 is 11.3 Å². The molecule has 9 rings (SSSR count). The van der Waals surface area contributed by atoms with Gasteiger partial charge in [0.2, 0.25) is 5.89 Å². The van der Waals surface area contributed by atoms with Gasteiger partial charge in [-0.2, -0.15) is 0 Å². The molecule has 0 N–H and O–H groups in total. The van der Waals surface area contributed by atoms with Gasteiger partial charge in [-0.3, -0.25) is 0 Å². The van der Waals surface area contributed by atoms with Gasteiger partial charge in [0, 0.05) is 21.9 Å². The van der Waals surface area contributed by atoms with Crippen molar-refractivity contribution in [1.29, 1.82) is 0 Å². The lowest BCUT2D eigenvalue weighted by atomic mass is 9.99. The number of furan rings is 1. The normalized spacial score (nSPS) is 11.7. The van der Waals surface area contributed by atoms with Crippen LogP contribution in [0.1, 0.15) is 0 Å². The summed E-state index contributed by atoms with van der Waals surface area (Å²) < 4.78 is 13.4. The topological polar surface area (TPSA) is 52.1 Å². The number of oxazole rings is 1. The highest BCUT2D eigenvalue weighted by Crippen LogP contribution is 2.37. The van der Waals surface area contributed by atoms with Crippen LogP contribution in [0.2, 0.25) is 0 Å². The summed E-state index contributed by atoms with van der Waals surface area (Å²) in [6.45, 7) is 0. The van der Waals surface area contributed by atoms with Crippen molar-refractivity contribution in [2.75, 3.05) is 0 Å². The van der Waals surface area contributed by atoms with E-state index in [4.69, 9.17) is 13.8 Å². The largest absolute Gasteiger partial charge is 0.456 e. The summed E-state index contributed by atoms with van der Waals surface area (Å²) in [4.78, 5) is 9.45. The zero-order valence-corrected chi connectivity index (χ0v) is 23.6. The third kappa shape index (κ3) is 4.13. The van der Waals surface area contributed by atoms with Crippen molar-refractivity contribution in [3.63, 3.8) is 0 Å². The van der Waals surface area contributed by atoms with E-state index in [1.54, 1.807) is 11.3 Å². The third-order valence-corrected chi connectivity index (χ3v) is 9.07. The maximum absolute atomic E-state index is 6.22. The Kier molecular flexibility index (Phi) is 5.33. The van der Waals surface area contributed by atoms with Crippen LogP contribution in [0.5, 0.6) is 0 Å². The van der Waals surface area contributed by atoms with E-state index in [-0.39, 0.29) is 0 Å². The second kappa shape index (κ2) is 9.51. The van der Waals surface area contributed by atoms with Gasteiger partial charge in [0.1, 0.15) is 21.7 Å². The maximum Gasteiger partial charge on any atom is 0.227 e. The molecule has 0 aliphatic heterocycles. The van der Waals surface area contributed by atoms with E-state index < -0.39 is 0 Å². The molecule has 0 radical (unpaired) electrons. The van der Waals surface area contributed by atoms with Gasteiger partial charge >= 0.3 is 0 Å². The quantitative estimate of drug-likeness (QED) is 0.211. The molecule has 0 saturated heterocycles. The van der Waals surface area contributed by atoms with E-state index in [0.29, 0.717) is 5.89 Å². The third-order valence-electron chi connectivity index (χ3n) is 7.99. The van der Waals surface area contributed by atoms with E-state index in [2.05, 4.69) is 108 Å². The highest BCUT2D eigenvalue weighted by Gasteiger charge is 2.13. The summed E-state index contributed by atoms with van der Waals surface area (Å²) in [5.41, 5.74) is 11.1. The lowest BCUT2D eigenvalue weighted by Crippen LogP contribution is -1.81. The van der Waals surface area contributed by atoms with Gasteiger partial charge in [-0.1, -0.05) is 72.8 Å². The smallest absolute Gasteiger partial charge is 0.227 e. The number of benzene rings is 6. The van der Waals surface area contributed by atoms with Crippen molar-refractivity contribution < 1.29 is 8.83 Å². The fraction of sp³-hybridized carbons (Fsp3) is 0. The van der Waals surface area contributed by atoms with Crippen LogP contribution in [0.4, 0.5) is 0 Å². The molecule has 0 spiro atoms. The van der Waals surface area contributed by atoms with Crippen molar-refractivity contribution in [2.24, 2.45) is 0 Å². The van der Waals surface area contributed by atoms with Gasteiger partial charge in [-0.05, 0) is 82.9 Å². The predicted octanol–water partition coefficient (Wildman–Crippen LogP) is 11.0. The van der Waals surface area contributed by atoms with Crippen LogP contribution < -0.4 is 0 Å². The molecule has 0 aliphatic carbocycles. The Morgan fingerprint density at radius 3 is 1.63 bits per heavy atom. The first-order chi connectivity index (χ1) is 21.2. The SMILES string of the molecule is c1ccc2oc(-c3ccc(-c4ccc5oc6ccc(-c7ccc(-c8nc9ccccc9s8)cc7)cc6c5c4)cc3)nc2c1. The minimum absolute atomic E-state index is 0.629. The average molecular weight is 571 g/mol. The summed E-state index contributed by atoms with van der Waals surface area (Å²) in [5, 5.41) is 3.25. The van der Waals surface area contributed by atoms with E-state index in [0.717, 1.165) is 76.9 Å². The molecular formula is C38H22N2O2S. The van der Waals surface area contributed by atoms with Crippen molar-refractivity contribution in [3.8, 4) is 44.3 Å². The molecule has 3 aromatic heterocycles. The number of thiazole rings is 1. The highest BCUT2D eigenvalue weighted by molar-refractivity contribution is 7.21. The minimum atomic E-state index is 0.629. The fourth-order valence-corrected chi connectivity index (χ4v) is 6.71. The van der Waals surface area contributed by atoms with E-state index in [1.807, 2.05) is 30.3 Å². The monoisotopic (exact) mass is 570 g/mol. The van der Waals surface area contributed by atoms with Gasteiger partial charge in [0.15, 0.2) is 5.58 Å². The molecule has 3 heterocycles. The molecule has 202 valence electrons. The molecule has 43 heavy (non-hydrogen) atoms. The second-order valence-electron chi connectivity index (χ2n) is 10.7. The summed E-state index contributed by atoms with van der Waals surface area (Å²) in [6.07, 6.45) is 0. The van der Waals surface area contributed by atoms with Crippen molar-refractivity contribution >= 4 is 54.6 Å². The van der Waals surface area contributed by atoms with Crippen molar-refractivity contribution in [1.82, 2.24) is 9.97 Å². The van der Waals surface area contributed by atoms with Gasteiger partial charge in [0.25, 0.3) is 0 Å². The van der Waals surface area contributed by atoms with Crippen LogP contribution in [0, 0.1) is 0 Å². The van der Waals surface area contributed by atoms with Crippen LogP contribution in [0.3, 0.4) is 0 Å². The molecule has 6 aromatic carbocycles. The minimum Gasteiger partial charge on any atom is -0.456 e. The first-order valence-corrected chi connectivity index (χ1v) is 15.0. The summed E-state index contributed by atoms with van der Waals surface area (Å²) in [7, 11) is 0. The van der Waals surface area contributed by atoms with Gasteiger partial charge < -0.3 is 8.83 Å². The Bertz CT molecular complexity index is 2210. The Morgan fingerprint density at radius 1 is 0.419 bits per heavy atom. The van der Waals surface area contributed by atoms with Crippen LogP contribution in [-0.4, -0.2) is 9.97 Å². The zero-order valence-electron chi connectivity index (χ0n) is 22.8. The summed E-state index contributed by atoms with van der Waals surface area (Å²) in [6, 6.07) is 46.0. The Balaban J connectivity index is 1.04. The molecule has 0 bridgehead atoms. The highest BCUT2D eigenvalue weighted by atomic mass is 32.1. The van der Waals surface area contributed by atoms with E-state index in [1.165, 1.54) is 4.70 Å². The number of para-hydroxylation sites is 3. The molecule has 0 saturated carbocycles. The Labute approximate surface area is 250 Å². The van der Waals surface area contributed by atoms with Gasteiger partial charge in [0.05, 0.1) is 10.2 Å². The molecule has 0 aliphatic rings. The molecular weight excluding hydrogens is 548 g/mol. The number of nitrogens with zero attached hydrogens (tertiary/aromatic N) is 2. The molecule has 5 heteroatoms. The first-order valence-electron chi connectivity index (χ1n) is 14.1. The zero-order chi connectivity index (χ0) is 28.3. The van der Waals surface area contributed by atoms with E-state index >= 15 is 0 Å². The van der Waals surface area contributed by atoms with Crippen molar-refractivity contribution in [2.45, 2.75) is 0 Å². The standard InChI is InChI=1S/C38H22N2O2S/c1-3-7-35-31(5-1)39-37(42-35)25-13-9-23(10-14-25)27-17-19-33-29(21-27)30-22-28(18-20-34(30)41-33)24-11-15-26(16-12-24)38-40-32-6-2-4-8-36(32)43-38/h1-22H. The Morgan fingerprint density at radius 2 is 0.977 bits per heavy atom. The number of hydrogen-bond acceptors (Lipinski definition) is 5. The van der Waals surface area contributed by atoms with Gasteiger partial charge in [-0.15, -0.1) is 11.3 Å². The fourth-order valence-electron chi connectivity index (χ4n) is 5.74. The predicted molar refractivity (Wildman–Crippen MR) is 176 cm³/mol. The molecule has 9 aromatic rings. The molecule has 4 nitrogen and oxygen atoms in total. The lowest BCUT2D eigenvalue weighted by molar-refractivity contribution is 0.620. The average Bonchev–Trinajstić information content (AvgIpc) is 3.79. The van der Waals surface area contributed by atoms with Crippen LogP contribution in [-0.2, 0) is 0 Å². The molecule has 0 fully saturated rings. The van der Waals surface area contributed by atoms with Crippen LogP contribution in [0.15, 0.2) is 142 Å². The number of hydrogen-bond donors (Lipinski definition) is 0. The molecule has 0 amide bonds. The second-order valence-corrected chi connectivity index (χ2v) is 11.7. The maximum atomic E-state index is 6.22. The summed E-state index contributed by atoms with van der Waals surface area (Å²) >= 11 is 1.72. The lowest BCUT2D eigenvalue weighted by Gasteiger charge is -2.04. The van der Waals surface area contributed by atoms with Gasteiger partial charge in [-0.25, -0.2) is 9.97 Å². The van der Waals surface area contributed by atoms with Crippen molar-refractivity contribution in [3.05, 3.63) is 133 Å². The van der Waals surface area contributed by atoms with Crippen LogP contribution in [0.25, 0.3) is 87.5 Å². The summed E-state index contributed by atoms with van der Waals surface area (Å²) in [5.74, 6) is 0.629.